The number of aliphatic hydroxyl groups is 1. The highest BCUT2D eigenvalue weighted by Gasteiger charge is 2.28. The molecule has 1 fully saturated rings. The first-order valence-corrected chi connectivity index (χ1v) is 6.55. The summed E-state index contributed by atoms with van der Waals surface area (Å²) < 4.78 is 5.20. The smallest absolute Gasteiger partial charge is 0.270 e. The van der Waals surface area contributed by atoms with Crippen LogP contribution in [-0.2, 0) is 0 Å². The number of nitro benzene ring substituents is 1. The van der Waals surface area contributed by atoms with Crippen LogP contribution in [0.5, 0.6) is 0 Å². The molecule has 21 heavy (non-hydrogen) atoms. The molecule has 1 aliphatic heterocycles. The summed E-state index contributed by atoms with van der Waals surface area (Å²) in [6.07, 6.45) is 0.0835. The molecule has 2 heterocycles. The summed E-state index contributed by atoms with van der Waals surface area (Å²) in [4.78, 5) is 14.7. The van der Waals surface area contributed by atoms with Crippen molar-refractivity contribution in [1.82, 2.24) is 15.5 Å². The first kappa shape index (κ1) is 13.7. The summed E-state index contributed by atoms with van der Waals surface area (Å²) in [6, 6.07) is 4.34. The van der Waals surface area contributed by atoms with Crippen LogP contribution in [0.2, 0.25) is 0 Å². The molecule has 0 bridgehead atoms. The van der Waals surface area contributed by atoms with Crippen LogP contribution in [0.4, 0.5) is 5.69 Å². The van der Waals surface area contributed by atoms with Crippen LogP contribution in [0, 0.1) is 17.0 Å². The van der Waals surface area contributed by atoms with Gasteiger partial charge in [-0.25, -0.2) is 0 Å². The van der Waals surface area contributed by atoms with Crippen molar-refractivity contribution >= 4 is 5.69 Å². The molecule has 2 N–H and O–H groups in total. The number of nitro groups is 1. The lowest BCUT2D eigenvalue weighted by atomic mass is 10.1. The van der Waals surface area contributed by atoms with Gasteiger partial charge in [0.25, 0.3) is 5.69 Å². The third kappa shape index (κ3) is 2.63. The fraction of sp³-hybridized carbons (Fsp3) is 0.385. The minimum Gasteiger partial charge on any atom is -0.392 e. The molecule has 0 unspecified atom stereocenters. The molecule has 2 atom stereocenters. The van der Waals surface area contributed by atoms with E-state index in [1.165, 1.54) is 12.1 Å². The summed E-state index contributed by atoms with van der Waals surface area (Å²) in [6.45, 7) is 2.31. The SMILES string of the molecule is Cc1ccc([N+](=O)[O-])cc1-c1noc([C@H]2C[C@H](O)CN2)n1. The first-order chi connectivity index (χ1) is 10.0. The van der Waals surface area contributed by atoms with E-state index in [1.807, 2.05) is 6.92 Å². The second-order valence-corrected chi connectivity index (χ2v) is 5.06. The van der Waals surface area contributed by atoms with Gasteiger partial charge in [-0.1, -0.05) is 11.2 Å². The minimum atomic E-state index is -0.460. The van der Waals surface area contributed by atoms with E-state index in [2.05, 4.69) is 15.5 Å². The normalized spacial score (nSPS) is 21.6. The lowest BCUT2D eigenvalue weighted by molar-refractivity contribution is -0.384. The molecule has 8 heteroatoms. The highest BCUT2D eigenvalue weighted by molar-refractivity contribution is 5.63. The molecular formula is C13H14N4O4. The summed E-state index contributed by atoms with van der Waals surface area (Å²) in [7, 11) is 0. The summed E-state index contributed by atoms with van der Waals surface area (Å²) in [5.74, 6) is 0.696. The average molecular weight is 290 g/mol. The van der Waals surface area contributed by atoms with E-state index in [0.29, 0.717) is 30.2 Å². The standard InChI is InChI=1S/C13H14N4O4/c1-7-2-3-8(17(19)20)4-10(7)12-15-13(21-16-12)11-5-9(18)6-14-11/h2-4,9,11,14,18H,5-6H2,1H3/t9-,11+/m0/s1. The van der Waals surface area contributed by atoms with Gasteiger partial charge in [0, 0.05) is 24.2 Å². The number of hydrogen-bond acceptors (Lipinski definition) is 7. The van der Waals surface area contributed by atoms with Crippen molar-refractivity contribution in [3.63, 3.8) is 0 Å². The third-order valence-corrected chi connectivity index (χ3v) is 3.52. The number of nitrogens with one attached hydrogen (secondary N) is 1. The molecule has 8 nitrogen and oxygen atoms in total. The quantitative estimate of drug-likeness (QED) is 0.647. The highest BCUT2D eigenvalue weighted by atomic mass is 16.6. The predicted octanol–water partition coefficient (Wildman–Crippen LogP) is 1.35. The van der Waals surface area contributed by atoms with Crippen molar-refractivity contribution < 1.29 is 14.6 Å². The van der Waals surface area contributed by atoms with E-state index in [9.17, 15) is 15.2 Å². The molecule has 110 valence electrons. The molecule has 0 aliphatic carbocycles. The van der Waals surface area contributed by atoms with Crippen LogP contribution < -0.4 is 5.32 Å². The molecule has 0 spiro atoms. The highest BCUT2D eigenvalue weighted by Crippen LogP contribution is 2.28. The van der Waals surface area contributed by atoms with E-state index < -0.39 is 11.0 Å². The minimum absolute atomic E-state index is 0.0173. The monoisotopic (exact) mass is 290 g/mol. The fourth-order valence-electron chi connectivity index (χ4n) is 2.36. The zero-order valence-corrected chi connectivity index (χ0v) is 11.3. The van der Waals surface area contributed by atoms with Gasteiger partial charge in [0.05, 0.1) is 17.1 Å². The molecule has 0 radical (unpaired) electrons. The molecule has 1 saturated heterocycles. The van der Waals surface area contributed by atoms with Crippen molar-refractivity contribution in [2.75, 3.05) is 6.54 Å². The van der Waals surface area contributed by atoms with Gasteiger partial charge in [0.15, 0.2) is 0 Å². The number of aryl methyl sites for hydroxylation is 1. The molecule has 0 amide bonds. The second kappa shape index (κ2) is 5.23. The maximum Gasteiger partial charge on any atom is 0.270 e. The maximum absolute atomic E-state index is 10.8. The number of non-ortho nitro benzene ring substituents is 1. The topological polar surface area (TPSA) is 114 Å². The molecule has 1 aliphatic rings. The summed E-state index contributed by atoms with van der Waals surface area (Å²) in [5.41, 5.74) is 1.38. The predicted molar refractivity (Wildman–Crippen MR) is 72.5 cm³/mol. The molecule has 1 aromatic heterocycles. The summed E-state index contributed by atoms with van der Waals surface area (Å²) in [5, 5.41) is 27.3. The van der Waals surface area contributed by atoms with Gasteiger partial charge >= 0.3 is 0 Å². The van der Waals surface area contributed by atoms with Gasteiger partial charge in [0.2, 0.25) is 11.7 Å². The molecule has 3 rings (SSSR count). The lowest BCUT2D eigenvalue weighted by Gasteiger charge is -2.02. The van der Waals surface area contributed by atoms with Crippen molar-refractivity contribution in [1.29, 1.82) is 0 Å². The Labute approximate surface area is 119 Å². The van der Waals surface area contributed by atoms with E-state index in [-0.39, 0.29) is 11.7 Å². The van der Waals surface area contributed by atoms with Gasteiger partial charge in [-0.05, 0) is 18.9 Å². The Bertz CT molecular complexity index is 685. The first-order valence-electron chi connectivity index (χ1n) is 6.55. The lowest BCUT2D eigenvalue weighted by Crippen LogP contribution is -2.15. The number of aromatic nitrogens is 2. The van der Waals surface area contributed by atoms with Crippen molar-refractivity contribution in [2.24, 2.45) is 0 Å². The van der Waals surface area contributed by atoms with Crippen molar-refractivity contribution in [3.8, 4) is 11.4 Å². The number of hydrogen-bond donors (Lipinski definition) is 2. The van der Waals surface area contributed by atoms with Gasteiger partial charge in [-0.3, -0.25) is 10.1 Å². The zero-order valence-electron chi connectivity index (χ0n) is 11.3. The average Bonchev–Trinajstić information content (AvgIpc) is 3.07. The molecule has 0 saturated carbocycles. The van der Waals surface area contributed by atoms with Gasteiger partial charge < -0.3 is 14.9 Å². The third-order valence-electron chi connectivity index (χ3n) is 3.52. The Hall–Kier alpha value is -2.32. The number of rotatable bonds is 3. The van der Waals surface area contributed by atoms with Gasteiger partial charge in [0.1, 0.15) is 0 Å². The Balaban J connectivity index is 1.92. The van der Waals surface area contributed by atoms with E-state index in [1.54, 1.807) is 6.07 Å². The number of nitrogens with zero attached hydrogens (tertiary/aromatic N) is 3. The van der Waals surface area contributed by atoms with E-state index in [0.717, 1.165) is 5.56 Å². The fourth-order valence-corrected chi connectivity index (χ4v) is 2.36. The Morgan fingerprint density at radius 1 is 1.52 bits per heavy atom. The van der Waals surface area contributed by atoms with E-state index >= 15 is 0 Å². The van der Waals surface area contributed by atoms with Gasteiger partial charge in [-0.2, -0.15) is 4.98 Å². The largest absolute Gasteiger partial charge is 0.392 e. The zero-order chi connectivity index (χ0) is 15.0. The number of benzene rings is 1. The van der Waals surface area contributed by atoms with E-state index in [4.69, 9.17) is 4.52 Å². The molecular weight excluding hydrogens is 276 g/mol. The Morgan fingerprint density at radius 3 is 3.00 bits per heavy atom. The van der Waals surface area contributed by atoms with Crippen LogP contribution in [0.1, 0.15) is 23.9 Å². The molecule has 1 aromatic carbocycles. The van der Waals surface area contributed by atoms with Crippen LogP contribution >= 0.6 is 0 Å². The summed E-state index contributed by atoms with van der Waals surface area (Å²) >= 11 is 0. The number of β-amino-alcohol motifs (C(OH)–C–C–N with tert-alkyl or cyclic N) is 1. The second-order valence-electron chi connectivity index (χ2n) is 5.06. The molecule has 2 aromatic rings. The van der Waals surface area contributed by atoms with Crippen LogP contribution in [-0.4, -0.2) is 32.8 Å². The van der Waals surface area contributed by atoms with Crippen molar-refractivity contribution in [2.45, 2.75) is 25.5 Å². The van der Waals surface area contributed by atoms with Crippen LogP contribution in [0.15, 0.2) is 22.7 Å². The van der Waals surface area contributed by atoms with Crippen LogP contribution in [0.3, 0.4) is 0 Å². The number of aliphatic hydroxyl groups excluding tert-OH is 1. The van der Waals surface area contributed by atoms with Crippen molar-refractivity contribution in [3.05, 3.63) is 39.8 Å². The Kier molecular flexibility index (Phi) is 3.40. The van der Waals surface area contributed by atoms with Gasteiger partial charge in [-0.15, -0.1) is 0 Å². The van der Waals surface area contributed by atoms with Crippen LogP contribution in [0.25, 0.3) is 11.4 Å². The maximum atomic E-state index is 10.8. The Morgan fingerprint density at radius 2 is 2.33 bits per heavy atom.